The summed E-state index contributed by atoms with van der Waals surface area (Å²) in [4.78, 5) is 26.4. The molecular formula is C23H24ClFN4OS. The number of rotatable bonds is 3. The Bertz CT molecular complexity index is 1160. The lowest BCUT2D eigenvalue weighted by Crippen LogP contribution is -2.43. The van der Waals surface area contributed by atoms with Gasteiger partial charge in [-0.25, -0.2) is 14.4 Å². The minimum absolute atomic E-state index is 0.0313. The van der Waals surface area contributed by atoms with Crippen LogP contribution in [0, 0.1) is 11.7 Å². The lowest BCUT2D eigenvalue weighted by atomic mass is 9.86. The predicted molar refractivity (Wildman–Crippen MR) is 123 cm³/mol. The molecule has 5 nitrogen and oxygen atoms in total. The second-order valence-corrected chi connectivity index (χ2v) is 10.1. The second kappa shape index (κ2) is 8.02. The van der Waals surface area contributed by atoms with E-state index in [9.17, 15) is 9.18 Å². The molecule has 162 valence electrons. The molecule has 2 aliphatic rings. The minimum Gasteiger partial charge on any atom is -0.340 e. The molecule has 1 N–H and O–H groups in total. The summed E-state index contributed by atoms with van der Waals surface area (Å²) in [5, 5.41) is 4.33. The number of aryl methyl sites for hydroxylation is 1. The molecule has 1 aromatic carbocycles. The zero-order chi connectivity index (χ0) is 21.7. The molecule has 3 heterocycles. The third-order valence-corrected chi connectivity index (χ3v) is 8.04. The molecule has 0 bridgehead atoms. The lowest BCUT2D eigenvalue weighted by molar-refractivity contribution is -0.138. The number of hydrogen-bond acceptors (Lipinski definition) is 5. The van der Waals surface area contributed by atoms with Crippen LogP contribution < -0.4 is 5.32 Å². The van der Waals surface area contributed by atoms with E-state index in [1.165, 1.54) is 22.8 Å². The van der Waals surface area contributed by atoms with Gasteiger partial charge in [0.1, 0.15) is 22.8 Å². The van der Waals surface area contributed by atoms with Crippen LogP contribution in [-0.4, -0.2) is 32.9 Å². The third kappa shape index (κ3) is 3.68. The Morgan fingerprint density at radius 2 is 2.00 bits per heavy atom. The van der Waals surface area contributed by atoms with Gasteiger partial charge in [0.25, 0.3) is 0 Å². The van der Waals surface area contributed by atoms with Crippen LogP contribution in [0.25, 0.3) is 10.2 Å². The monoisotopic (exact) mass is 458 g/mol. The molecule has 3 aromatic rings. The second-order valence-electron chi connectivity index (χ2n) is 8.62. The summed E-state index contributed by atoms with van der Waals surface area (Å²) in [6, 6.07) is 5.19. The van der Waals surface area contributed by atoms with E-state index in [0.717, 1.165) is 42.3 Å². The molecule has 8 heteroatoms. The topological polar surface area (TPSA) is 58.1 Å². The first-order valence-electron chi connectivity index (χ1n) is 10.7. The van der Waals surface area contributed by atoms with Gasteiger partial charge in [0.05, 0.1) is 10.4 Å². The van der Waals surface area contributed by atoms with E-state index in [2.05, 4.69) is 34.0 Å². The molecule has 2 aromatic heterocycles. The number of carbonyl (C=O) groups is 1. The van der Waals surface area contributed by atoms with Gasteiger partial charge in [0, 0.05) is 28.6 Å². The Hall–Kier alpha value is -2.25. The molecule has 0 saturated carbocycles. The fourth-order valence-corrected chi connectivity index (χ4v) is 6.41. The van der Waals surface area contributed by atoms with Crippen molar-refractivity contribution in [2.24, 2.45) is 5.92 Å². The van der Waals surface area contributed by atoms with Gasteiger partial charge in [0.15, 0.2) is 0 Å². The van der Waals surface area contributed by atoms with Crippen molar-refractivity contribution in [3.63, 3.8) is 0 Å². The summed E-state index contributed by atoms with van der Waals surface area (Å²) in [7, 11) is 0. The summed E-state index contributed by atoms with van der Waals surface area (Å²) in [6.45, 7) is 4.31. The Labute approximate surface area is 189 Å². The largest absolute Gasteiger partial charge is 0.340 e. The van der Waals surface area contributed by atoms with Crippen LogP contribution in [0.15, 0.2) is 24.5 Å². The molecular weight excluding hydrogens is 435 g/mol. The molecule has 3 unspecified atom stereocenters. The number of likely N-dealkylation sites (tertiary alicyclic amines) is 1. The van der Waals surface area contributed by atoms with Crippen LogP contribution in [0.1, 0.15) is 43.6 Å². The van der Waals surface area contributed by atoms with E-state index in [4.69, 9.17) is 11.6 Å². The fourth-order valence-electron chi connectivity index (χ4n) is 4.97. The Morgan fingerprint density at radius 1 is 1.23 bits per heavy atom. The van der Waals surface area contributed by atoms with E-state index in [1.807, 2.05) is 0 Å². The van der Waals surface area contributed by atoms with Crippen molar-refractivity contribution in [1.82, 2.24) is 14.9 Å². The zero-order valence-corrected chi connectivity index (χ0v) is 19.1. The lowest BCUT2D eigenvalue weighted by Gasteiger charge is -2.32. The summed E-state index contributed by atoms with van der Waals surface area (Å²) in [5.41, 5.74) is 1.90. The van der Waals surface area contributed by atoms with Crippen molar-refractivity contribution in [1.29, 1.82) is 0 Å². The molecule has 1 amide bonds. The first-order chi connectivity index (χ1) is 14.9. The standard InChI is InChI=1S/C23H24ClFN4OS/c1-12-3-4-13(2)29(12)23(30)14-5-7-16-19(9-14)31-22-20(16)21(26-11-27-22)28-15-6-8-18(25)17(24)10-15/h6,8,10-14H,3-5,7,9H2,1-2H3,(H,26,27,28). The maximum absolute atomic E-state index is 13.5. The van der Waals surface area contributed by atoms with Gasteiger partial charge in [-0.3, -0.25) is 4.79 Å². The minimum atomic E-state index is -0.453. The molecule has 0 radical (unpaired) electrons. The van der Waals surface area contributed by atoms with Gasteiger partial charge in [-0.05, 0) is 69.7 Å². The number of carbonyl (C=O) groups excluding carboxylic acids is 1. The first kappa shape index (κ1) is 20.6. The van der Waals surface area contributed by atoms with Crippen LogP contribution in [0.2, 0.25) is 5.02 Å². The van der Waals surface area contributed by atoms with Crippen LogP contribution >= 0.6 is 22.9 Å². The van der Waals surface area contributed by atoms with Crippen molar-refractivity contribution in [3.05, 3.63) is 45.8 Å². The molecule has 1 saturated heterocycles. The summed E-state index contributed by atoms with van der Waals surface area (Å²) in [5.74, 6) is 0.567. The van der Waals surface area contributed by atoms with Crippen molar-refractivity contribution in [3.8, 4) is 0 Å². The fraction of sp³-hybridized carbons (Fsp3) is 0.435. The number of nitrogens with one attached hydrogen (secondary N) is 1. The van der Waals surface area contributed by atoms with Crippen molar-refractivity contribution >= 4 is 50.6 Å². The Balaban J connectivity index is 1.44. The highest BCUT2D eigenvalue weighted by atomic mass is 35.5. The highest BCUT2D eigenvalue weighted by Gasteiger charge is 2.37. The zero-order valence-electron chi connectivity index (χ0n) is 17.5. The van der Waals surface area contributed by atoms with Crippen LogP contribution in [0.3, 0.4) is 0 Å². The van der Waals surface area contributed by atoms with E-state index in [-0.39, 0.29) is 10.9 Å². The van der Waals surface area contributed by atoms with Crippen molar-refractivity contribution in [2.45, 2.75) is 58.0 Å². The quantitative estimate of drug-likeness (QED) is 0.544. The Morgan fingerprint density at radius 3 is 2.74 bits per heavy atom. The maximum atomic E-state index is 13.5. The van der Waals surface area contributed by atoms with Gasteiger partial charge >= 0.3 is 0 Å². The number of benzene rings is 1. The van der Waals surface area contributed by atoms with E-state index < -0.39 is 5.82 Å². The maximum Gasteiger partial charge on any atom is 0.226 e. The number of aromatic nitrogens is 2. The van der Waals surface area contributed by atoms with Crippen LogP contribution in [-0.2, 0) is 17.6 Å². The molecule has 31 heavy (non-hydrogen) atoms. The molecule has 1 fully saturated rings. The van der Waals surface area contributed by atoms with Crippen LogP contribution in [0.5, 0.6) is 0 Å². The SMILES string of the molecule is CC1CCC(C)N1C(=O)C1CCc2c(sc3ncnc(Nc4ccc(F)c(Cl)c4)c23)C1. The van der Waals surface area contributed by atoms with Crippen LogP contribution in [0.4, 0.5) is 15.9 Å². The number of hydrogen-bond donors (Lipinski definition) is 1. The van der Waals surface area contributed by atoms with Crippen molar-refractivity contribution < 1.29 is 9.18 Å². The third-order valence-electron chi connectivity index (χ3n) is 6.58. The predicted octanol–water partition coefficient (Wildman–Crippen LogP) is 5.73. The highest BCUT2D eigenvalue weighted by molar-refractivity contribution is 7.19. The van der Waals surface area contributed by atoms with E-state index in [0.29, 0.717) is 29.5 Å². The number of nitrogens with zero attached hydrogens (tertiary/aromatic N) is 3. The number of anilines is 2. The highest BCUT2D eigenvalue weighted by Crippen LogP contribution is 2.41. The van der Waals surface area contributed by atoms with Gasteiger partial charge < -0.3 is 10.2 Å². The van der Waals surface area contributed by atoms with Gasteiger partial charge in [-0.2, -0.15) is 0 Å². The number of fused-ring (bicyclic) bond motifs is 3. The average molecular weight is 459 g/mol. The van der Waals surface area contributed by atoms with Gasteiger partial charge in [-0.1, -0.05) is 11.6 Å². The Kier molecular flexibility index (Phi) is 5.34. The number of amides is 1. The molecule has 1 aliphatic heterocycles. The van der Waals surface area contributed by atoms with E-state index >= 15 is 0 Å². The van der Waals surface area contributed by atoms with E-state index in [1.54, 1.807) is 23.5 Å². The number of thiophene rings is 1. The van der Waals surface area contributed by atoms with Gasteiger partial charge in [-0.15, -0.1) is 11.3 Å². The number of halogens is 2. The van der Waals surface area contributed by atoms with Gasteiger partial charge in [0.2, 0.25) is 5.91 Å². The molecule has 0 spiro atoms. The average Bonchev–Trinajstić information content (AvgIpc) is 3.29. The molecule has 5 rings (SSSR count). The normalized spacial score (nSPS) is 23.2. The van der Waals surface area contributed by atoms with Crippen molar-refractivity contribution in [2.75, 3.05) is 5.32 Å². The first-order valence-corrected chi connectivity index (χ1v) is 11.9. The summed E-state index contributed by atoms with van der Waals surface area (Å²) >= 11 is 7.58. The smallest absolute Gasteiger partial charge is 0.226 e. The molecule has 3 atom stereocenters. The summed E-state index contributed by atoms with van der Waals surface area (Å²) in [6.07, 6.45) is 6.14. The molecule has 1 aliphatic carbocycles. The summed E-state index contributed by atoms with van der Waals surface area (Å²) < 4.78 is 13.5.